The molecule has 3 aliphatic rings. The van der Waals surface area contributed by atoms with E-state index in [0.29, 0.717) is 0 Å². The van der Waals surface area contributed by atoms with Crippen molar-refractivity contribution in [2.75, 3.05) is 45.9 Å². The zero-order valence-electron chi connectivity index (χ0n) is 16.5. The van der Waals surface area contributed by atoms with Crippen molar-refractivity contribution in [1.29, 1.82) is 0 Å². The fourth-order valence-electron chi connectivity index (χ4n) is 4.45. The minimum absolute atomic E-state index is 0. The lowest BCUT2D eigenvalue weighted by Crippen LogP contribution is -2.42. The molecule has 3 aliphatic heterocycles. The Labute approximate surface area is 180 Å². The van der Waals surface area contributed by atoms with E-state index in [-0.39, 0.29) is 24.0 Å². The molecule has 1 atom stereocenters. The van der Waals surface area contributed by atoms with Crippen LogP contribution in [0.3, 0.4) is 0 Å². The highest BCUT2D eigenvalue weighted by atomic mass is 127. The molecule has 150 valence electrons. The lowest BCUT2D eigenvalue weighted by atomic mass is 10.1. The molecular formula is C21H33IN4O. The molecule has 6 heteroatoms. The third kappa shape index (κ3) is 5.08. The molecule has 2 saturated heterocycles. The quantitative estimate of drug-likeness (QED) is 0.397. The summed E-state index contributed by atoms with van der Waals surface area (Å²) in [5.41, 5.74) is 2.72. The number of rotatable bonds is 5. The first-order valence-corrected chi connectivity index (χ1v) is 10.4. The maximum Gasteiger partial charge on any atom is 0.193 e. The molecule has 3 heterocycles. The molecule has 0 aliphatic carbocycles. The number of nitrogens with one attached hydrogen (secondary N) is 1. The fourth-order valence-corrected chi connectivity index (χ4v) is 4.45. The van der Waals surface area contributed by atoms with Crippen LogP contribution in [0.2, 0.25) is 0 Å². The van der Waals surface area contributed by atoms with E-state index < -0.39 is 0 Å². The molecule has 1 aromatic rings. The molecule has 5 nitrogen and oxygen atoms in total. The number of fused-ring (bicyclic) bond motifs is 1. The Morgan fingerprint density at radius 2 is 2.11 bits per heavy atom. The minimum atomic E-state index is 0. The van der Waals surface area contributed by atoms with Crippen molar-refractivity contribution in [1.82, 2.24) is 15.1 Å². The van der Waals surface area contributed by atoms with Crippen LogP contribution in [-0.2, 0) is 12.8 Å². The van der Waals surface area contributed by atoms with Crippen molar-refractivity contribution in [3.05, 3.63) is 29.3 Å². The zero-order chi connectivity index (χ0) is 17.8. The molecule has 2 fully saturated rings. The number of halogens is 1. The number of hydrogen-bond donors (Lipinski definition) is 1. The highest BCUT2D eigenvalue weighted by molar-refractivity contribution is 14.0. The Morgan fingerprint density at radius 1 is 1.26 bits per heavy atom. The summed E-state index contributed by atoms with van der Waals surface area (Å²) >= 11 is 0. The summed E-state index contributed by atoms with van der Waals surface area (Å²) < 4.78 is 5.60. The number of nitrogens with zero attached hydrogens (tertiary/aromatic N) is 3. The fraction of sp³-hybridized carbons (Fsp3) is 0.667. The first-order valence-electron chi connectivity index (χ1n) is 10.4. The average Bonchev–Trinajstić information content (AvgIpc) is 3.40. The molecule has 1 aromatic carbocycles. The van der Waals surface area contributed by atoms with Crippen molar-refractivity contribution in [3.8, 4) is 5.75 Å². The summed E-state index contributed by atoms with van der Waals surface area (Å²) in [4.78, 5) is 10.1. The second-order valence-electron chi connectivity index (χ2n) is 7.66. The highest BCUT2D eigenvalue weighted by Gasteiger charge is 2.30. The standard InChI is InChI=1S/C21H32N4O.HI/c1-2-22-21(25-13-8-19(16-25)24-11-3-4-12-24)23-10-7-17-5-6-20-18(15-17)9-14-26-20;/h5-6,15,19H,2-4,7-14,16H2,1H3,(H,22,23);1H. The van der Waals surface area contributed by atoms with Crippen molar-refractivity contribution in [3.63, 3.8) is 0 Å². The normalized spacial score (nSPS) is 22.5. The minimum Gasteiger partial charge on any atom is -0.493 e. The Balaban J connectivity index is 0.00000210. The van der Waals surface area contributed by atoms with Gasteiger partial charge in [-0.05, 0) is 62.9 Å². The van der Waals surface area contributed by atoms with Crippen molar-refractivity contribution < 1.29 is 4.74 Å². The first-order chi connectivity index (χ1) is 12.8. The van der Waals surface area contributed by atoms with Gasteiger partial charge in [-0.3, -0.25) is 9.89 Å². The molecule has 0 radical (unpaired) electrons. The Bertz CT molecular complexity index is 645. The van der Waals surface area contributed by atoms with Crippen LogP contribution in [0.1, 0.15) is 37.3 Å². The van der Waals surface area contributed by atoms with Gasteiger partial charge < -0.3 is 15.0 Å². The van der Waals surface area contributed by atoms with Gasteiger partial charge in [0.1, 0.15) is 5.75 Å². The zero-order valence-corrected chi connectivity index (χ0v) is 18.8. The lowest BCUT2D eigenvalue weighted by Gasteiger charge is -2.25. The number of hydrogen-bond acceptors (Lipinski definition) is 3. The van der Waals surface area contributed by atoms with Crippen LogP contribution in [0, 0.1) is 0 Å². The molecule has 4 rings (SSSR count). The predicted octanol–water partition coefficient (Wildman–Crippen LogP) is 2.92. The van der Waals surface area contributed by atoms with Crippen LogP contribution in [0.15, 0.2) is 23.2 Å². The second kappa shape index (κ2) is 9.96. The van der Waals surface area contributed by atoms with Gasteiger partial charge in [-0.15, -0.1) is 24.0 Å². The lowest BCUT2D eigenvalue weighted by molar-refractivity contribution is 0.249. The second-order valence-corrected chi connectivity index (χ2v) is 7.66. The van der Waals surface area contributed by atoms with Gasteiger partial charge in [0.25, 0.3) is 0 Å². The topological polar surface area (TPSA) is 40.1 Å². The summed E-state index contributed by atoms with van der Waals surface area (Å²) in [7, 11) is 0. The van der Waals surface area contributed by atoms with Gasteiger partial charge in [0.2, 0.25) is 0 Å². The van der Waals surface area contributed by atoms with Crippen LogP contribution in [-0.4, -0.2) is 67.7 Å². The van der Waals surface area contributed by atoms with Crippen LogP contribution < -0.4 is 10.1 Å². The van der Waals surface area contributed by atoms with Gasteiger partial charge in [-0.25, -0.2) is 0 Å². The van der Waals surface area contributed by atoms with E-state index in [4.69, 9.17) is 9.73 Å². The molecule has 0 bridgehead atoms. The number of likely N-dealkylation sites (tertiary alicyclic amines) is 2. The monoisotopic (exact) mass is 484 g/mol. The van der Waals surface area contributed by atoms with E-state index in [9.17, 15) is 0 Å². The maximum atomic E-state index is 5.60. The molecule has 1 unspecified atom stereocenters. The number of guanidine groups is 1. The molecule has 0 spiro atoms. The first kappa shape index (κ1) is 20.7. The third-order valence-corrected chi connectivity index (χ3v) is 5.87. The van der Waals surface area contributed by atoms with E-state index in [1.807, 2.05) is 0 Å². The predicted molar refractivity (Wildman–Crippen MR) is 122 cm³/mol. The smallest absolute Gasteiger partial charge is 0.193 e. The van der Waals surface area contributed by atoms with Crippen LogP contribution in [0.5, 0.6) is 5.75 Å². The largest absolute Gasteiger partial charge is 0.493 e. The van der Waals surface area contributed by atoms with E-state index >= 15 is 0 Å². The van der Waals surface area contributed by atoms with Crippen molar-refractivity contribution in [2.24, 2.45) is 4.99 Å². The molecule has 0 saturated carbocycles. The molecule has 0 amide bonds. The van der Waals surface area contributed by atoms with E-state index in [1.54, 1.807) is 0 Å². The van der Waals surface area contributed by atoms with Crippen LogP contribution in [0.25, 0.3) is 0 Å². The van der Waals surface area contributed by atoms with Gasteiger partial charge in [0.05, 0.1) is 6.61 Å². The number of ether oxygens (including phenoxy) is 1. The Morgan fingerprint density at radius 3 is 2.93 bits per heavy atom. The molecule has 27 heavy (non-hydrogen) atoms. The van der Waals surface area contributed by atoms with Crippen LogP contribution in [0.4, 0.5) is 0 Å². The average molecular weight is 484 g/mol. The van der Waals surface area contributed by atoms with Gasteiger partial charge in [-0.1, -0.05) is 12.1 Å². The SMILES string of the molecule is CCNC(=NCCc1ccc2c(c1)CCO2)N1CCC(N2CCCC2)C1.I. The molecular weight excluding hydrogens is 451 g/mol. The van der Waals surface area contributed by atoms with Gasteiger partial charge in [0, 0.05) is 38.6 Å². The van der Waals surface area contributed by atoms with Gasteiger partial charge >= 0.3 is 0 Å². The molecule has 1 N–H and O–H groups in total. The number of benzene rings is 1. The van der Waals surface area contributed by atoms with Crippen molar-refractivity contribution in [2.45, 2.75) is 45.1 Å². The Hall–Kier alpha value is -1.02. The van der Waals surface area contributed by atoms with E-state index in [1.165, 1.54) is 43.5 Å². The van der Waals surface area contributed by atoms with E-state index in [0.717, 1.165) is 63.4 Å². The Kier molecular flexibility index (Phi) is 7.64. The summed E-state index contributed by atoms with van der Waals surface area (Å²) in [6.07, 6.45) is 6.05. The van der Waals surface area contributed by atoms with Crippen LogP contribution >= 0.6 is 24.0 Å². The summed E-state index contributed by atoms with van der Waals surface area (Å²) in [5, 5.41) is 3.50. The summed E-state index contributed by atoms with van der Waals surface area (Å²) in [6.45, 7) is 9.58. The van der Waals surface area contributed by atoms with E-state index in [2.05, 4.69) is 40.2 Å². The summed E-state index contributed by atoms with van der Waals surface area (Å²) in [6, 6.07) is 7.32. The highest BCUT2D eigenvalue weighted by Crippen LogP contribution is 2.26. The third-order valence-electron chi connectivity index (χ3n) is 5.87. The maximum absolute atomic E-state index is 5.60. The van der Waals surface area contributed by atoms with Gasteiger partial charge in [0.15, 0.2) is 5.96 Å². The molecule has 0 aromatic heterocycles. The number of aliphatic imine (C=N–C) groups is 1. The van der Waals surface area contributed by atoms with Crippen molar-refractivity contribution >= 4 is 29.9 Å². The van der Waals surface area contributed by atoms with Gasteiger partial charge in [-0.2, -0.15) is 0 Å². The summed E-state index contributed by atoms with van der Waals surface area (Å²) in [5.74, 6) is 2.16.